The fraction of sp³-hybridized carbons (Fsp3) is 0. The summed E-state index contributed by atoms with van der Waals surface area (Å²) in [4.78, 5) is 0. The van der Waals surface area contributed by atoms with Gasteiger partial charge in [-0.15, -0.1) is 24.0 Å². The van der Waals surface area contributed by atoms with E-state index in [1.54, 1.807) is 6.34 Å². The lowest BCUT2D eigenvalue weighted by Crippen LogP contribution is -1.61. The zero-order valence-electron chi connectivity index (χ0n) is 1.93. The minimum absolute atomic E-state index is 0. The van der Waals surface area contributed by atoms with Crippen molar-refractivity contribution in [1.82, 2.24) is 5.43 Å². The third-order valence-corrected chi connectivity index (χ3v) is 0.129. The van der Waals surface area contributed by atoms with Gasteiger partial charge < -0.3 is 0 Å². The van der Waals surface area contributed by atoms with E-state index in [-0.39, 0.29) is 24.0 Å². The van der Waals surface area contributed by atoms with Crippen LogP contribution in [0.2, 0.25) is 0 Å². The van der Waals surface area contributed by atoms with Crippen LogP contribution in [0.3, 0.4) is 0 Å². The van der Waals surface area contributed by atoms with Crippen LogP contribution in [0.4, 0.5) is 0 Å². The molecule has 2 nitrogen and oxygen atoms in total. The summed E-state index contributed by atoms with van der Waals surface area (Å²) < 4.78 is 0. The number of hydrogen-bond acceptors (Lipinski definition) is 2. The highest BCUT2D eigenvalue weighted by Gasteiger charge is 1.71. The molecular weight excluding hydrogens is 167 g/mol. The van der Waals surface area contributed by atoms with Gasteiger partial charge in [0.1, 0.15) is 6.34 Å². The average molecular weight is 170 g/mol. The molecule has 0 aromatic heterocycles. The molecule has 0 radical (unpaired) electrons. The standard InChI is InChI=1S/CH2N2.HI/c1-2-3-1;/h1H,(H,2,3);1H. The van der Waals surface area contributed by atoms with Crippen LogP contribution >= 0.6 is 24.0 Å². The Kier molecular flexibility index (Phi) is 1.59. The summed E-state index contributed by atoms with van der Waals surface area (Å²) in [6, 6.07) is 0. The van der Waals surface area contributed by atoms with Crippen molar-refractivity contribution in [2.75, 3.05) is 0 Å². The summed E-state index contributed by atoms with van der Waals surface area (Å²) in [6.07, 6.45) is 1.62. The third kappa shape index (κ3) is 2.20. The molecule has 0 aromatic rings. The Morgan fingerprint density at radius 3 is 2.00 bits per heavy atom. The van der Waals surface area contributed by atoms with E-state index < -0.39 is 0 Å². The zero-order valence-corrected chi connectivity index (χ0v) is 4.26. The number of halogens is 1. The van der Waals surface area contributed by atoms with Crippen LogP contribution in [-0.2, 0) is 0 Å². The molecular formula is CH3IN2. The van der Waals surface area contributed by atoms with Crippen LogP contribution in [0.1, 0.15) is 0 Å². The van der Waals surface area contributed by atoms with Gasteiger partial charge in [-0.1, -0.05) is 0 Å². The van der Waals surface area contributed by atoms with Crippen molar-refractivity contribution in [1.29, 1.82) is 0 Å². The van der Waals surface area contributed by atoms with Gasteiger partial charge in [0.2, 0.25) is 0 Å². The molecule has 0 unspecified atom stereocenters. The highest BCUT2D eigenvalue weighted by molar-refractivity contribution is 14.0. The Morgan fingerprint density at radius 2 is 2.00 bits per heavy atom. The second-order valence-electron chi connectivity index (χ2n) is 0.387. The Bertz CT molecular complexity index is 29.0. The lowest BCUT2D eigenvalue weighted by Gasteiger charge is -1.29. The molecule has 4 heavy (non-hydrogen) atoms. The molecule has 0 amide bonds. The maximum Gasteiger partial charge on any atom is 0.129 e. The summed E-state index contributed by atoms with van der Waals surface area (Å²) in [7, 11) is 0. The predicted molar refractivity (Wildman–Crippen MR) is 27.0 cm³/mol. The van der Waals surface area contributed by atoms with Gasteiger partial charge in [0, 0.05) is 0 Å². The van der Waals surface area contributed by atoms with Crippen molar-refractivity contribution in [3.8, 4) is 0 Å². The molecule has 1 heterocycles. The molecule has 0 aromatic carbocycles. The van der Waals surface area contributed by atoms with Gasteiger partial charge in [0.15, 0.2) is 0 Å². The first-order chi connectivity index (χ1) is 1.50. The molecule has 24 valence electrons. The molecule has 1 aliphatic rings. The van der Waals surface area contributed by atoms with E-state index in [0.717, 1.165) is 0 Å². The van der Waals surface area contributed by atoms with Crippen LogP contribution in [-0.4, -0.2) is 6.34 Å². The van der Waals surface area contributed by atoms with E-state index in [9.17, 15) is 0 Å². The van der Waals surface area contributed by atoms with Crippen LogP contribution in [0.5, 0.6) is 0 Å². The Hall–Kier alpha value is 0.200. The van der Waals surface area contributed by atoms with Crippen molar-refractivity contribution in [2.24, 2.45) is 5.10 Å². The van der Waals surface area contributed by atoms with E-state index in [2.05, 4.69) is 10.5 Å². The van der Waals surface area contributed by atoms with Crippen molar-refractivity contribution in [3.63, 3.8) is 0 Å². The largest absolute Gasteiger partial charge is 0.265 e. The van der Waals surface area contributed by atoms with E-state index in [1.165, 1.54) is 0 Å². The van der Waals surface area contributed by atoms with Gasteiger partial charge in [-0.25, -0.2) is 0 Å². The molecule has 0 saturated heterocycles. The van der Waals surface area contributed by atoms with Gasteiger partial charge in [-0.3, -0.25) is 5.43 Å². The molecule has 0 saturated carbocycles. The summed E-state index contributed by atoms with van der Waals surface area (Å²) in [5.41, 5.74) is 2.50. The first kappa shape index (κ1) is 4.20. The lowest BCUT2D eigenvalue weighted by molar-refractivity contribution is 1.27. The second kappa shape index (κ2) is 1.51. The molecule has 1 aliphatic heterocycles. The lowest BCUT2D eigenvalue weighted by atomic mass is 11.6. The van der Waals surface area contributed by atoms with E-state index in [4.69, 9.17) is 0 Å². The Morgan fingerprint density at radius 1 is 1.75 bits per heavy atom. The van der Waals surface area contributed by atoms with Gasteiger partial charge in [0.25, 0.3) is 0 Å². The number of rotatable bonds is 0. The van der Waals surface area contributed by atoms with E-state index >= 15 is 0 Å². The molecule has 0 bridgehead atoms. The van der Waals surface area contributed by atoms with Crippen LogP contribution < -0.4 is 5.43 Å². The quantitative estimate of drug-likeness (QED) is 0.516. The van der Waals surface area contributed by atoms with E-state index in [0.29, 0.717) is 0 Å². The van der Waals surface area contributed by atoms with Crippen molar-refractivity contribution in [2.45, 2.75) is 0 Å². The highest BCUT2D eigenvalue weighted by atomic mass is 127. The molecule has 0 spiro atoms. The van der Waals surface area contributed by atoms with Gasteiger partial charge in [0.05, 0.1) is 0 Å². The SMILES string of the molecule is C1=NN1.I. The molecule has 1 N–H and O–H groups in total. The molecule has 0 atom stereocenters. The molecule has 3 heteroatoms. The van der Waals surface area contributed by atoms with Crippen LogP contribution in [0.25, 0.3) is 0 Å². The normalized spacial score (nSPS) is 12.0. The number of nitrogens with zero attached hydrogens (tertiary/aromatic N) is 1. The topological polar surface area (TPSA) is 34.3 Å². The smallest absolute Gasteiger partial charge is 0.129 e. The number of nitrogens with one attached hydrogen (secondary N) is 1. The van der Waals surface area contributed by atoms with Crippen LogP contribution in [0.15, 0.2) is 5.10 Å². The average Bonchev–Trinajstić information content (AvgIpc) is 1.46. The summed E-state index contributed by atoms with van der Waals surface area (Å²) in [5, 5.41) is 3.38. The highest BCUT2D eigenvalue weighted by Crippen LogP contribution is 1.56. The summed E-state index contributed by atoms with van der Waals surface area (Å²) in [5.74, 6) is 0. The van der Waals surface area contributed by atoms with Crippen molar-refractivity contribution in [3.05, 3.63) is 0 Å². The van der Waals surface area contributed by atoms with Crippen molar-refractivity contribution < 1.29 is 0 Å². The first-order valence-electron chi connectivity index (χ1n) is 0.770. The minimum atomic E-state index is 0. The molecule has 1 rings (SSSR count). The first-order valence-corrected chi connectivity index (χ1v) is 0.770. The van der Waals surface area contributed by atoms with Crippen molar-refractivity contribution >= 4 is 30.3 Å². The zero-order chi connectivity index (χ0) is 2.12. The maximum atomic E-state index is 3.38. The second-order valence-corrected chi connectivity index (χ2v) is 0.387. The fourth-order valence-electron chi connectivity index (χ4n) is 0. The number of hydrazone groups is 1. The minimum Gasteiger partial charge on any atom is -0.265 e. The predicted octanol–water partition coefficient (Wildman–Crippen LogP) is 0.151. The van der Waals surface area contributed by atoms with Gasteiger partial charge in [-0.05, 0) is 0 Å². The van der Waals surface area contributed by atoms with Gasteiger partial charge in [-0.2, -0.15) is 5.10 Å². The molecule has 0 aliphatic carbocycles. The van der Waals surface area contributed by atoms with E-state index in [1.807, 2.05) is 0 Å². The maximum absolute atomic E-state index is 3.38. The third-order valence-electron chi connectivity index (χ3n) is 0.129. The fourth-order valence-corrected chi connectivity index (χ4v) is 0. The molecule has 0 fully saturated rings. The van der Waals surface area contributed by atoms with Crippen LogP contribution in [0, 0.1) is 0 Å². The summed E-state index contributed by atoms with van der Waals surface area (Å²) in [6.45, 7) is 0. The monoisotopic (exact) mass is 170 g/mol. The van der Waals surface area contributed by atoms with Gasteiger partial charge >= 0.3 is 0 Å². The summed E-state index contributed by atoms with van der Waals surface area (Å²) >= 11 is 0. The number of hydrogen-bond donors (Lipinski definition) is 1. The Labute approximate surface area is 41.3 Å². The Balaban J connectivity index is 0.0000000900.